The van der Waals surface area contributed by atoms with Gasteiger partial charge in [-0.3, -0.25) is 0 Å². The van der Waals surface area contributed by atoms with Gasteiger partial charge in [-0.2, -0.15) is 5.10 Å². The number of ether oxygens (including phenoxy) is 1. The van der Waals surface area contributed by atoms with Crippen molar-refractivity contribution in [2.45, 2.75) is 20.0 Å². The lowest BCUT2D eigenvalue weighted by Crippen LogP contribution is -2.10. The summed E-state index contributed by atoms with van der Waals surface area (Å²) in [6.07, 6.45) is 1.39. The van der Waals surface area contributed by atoms with Crippen molar-refractivity contribution in [1.82, 2.24) is 14.6 Å². The molecule has 3 rings (SSSR count). The fourth-order valence-electron chi connectivity index (χ4n) is 2.17. The Labute approximate surface area is 142 Å². The molecule has 0 saturated heterocycles. The summed E-state index contributed by atoms with van der Waals surface area (Å²) in [7, 11) is 0. The first-order valence-electron chi connectivity index (χ1n) is 6.59. The van der Waals surface area contributed by atoms with Crippen molar-refractivity contribution in [3.05, 3.63) is 56.9 Å². The number of aryl methyl sites for hydroxylation is 1. The Hall–Kier alpha value is -1.49. The lowest BCUT2D eigenvalue weighted by molar-refractivity contribution is 0.219. The first-order valence-corrected chi connectivity index (χ1v) is 7.72. The summed E-state index contributed by atoms with van der Waals surface area (Å²) >= 11 is 18.2. The van der Waals surface area contributed by atoms with Crippen molar-refractivity contribution in [3.8, 4) is 5.75 Å². The number of nitrogens with zero attached hydrogens (tertiary/aromatic N) is 3. The van der Waals surface area contributed by atoms with Crippen LogP contribution in [0.1, 0.15) is 24.4 Å². The Morgan fingerprint density at radius 3 is 2.68 bits per heavy atom. The molecule has 0 amide bonds. The van der Waals surface area contributed by atoms with E-state index >= 15 is 0 Å². The maximum atomic E-state index is 6.20. The molecule has 0 aliphatic rings. The summed E-state index contributed by atoms with van der Waals surface area (Å²) in [6.45, 7) is 3.74. The molecule has 0 radical (unpaired) electrons. The highest BCUT2D eigenvalue weighted by atomic mass is 35.5. The van der Waals surface area contributed by atoms with E-state index in [0.29, 0.717) is 26.5 Å². The standard InChI is InChI=1S/C15H12Cl3N3O/c1-8-14(18)15-19-6-5-12(21(15)20-8)9(2)22-13-4-3-10(16)7-11(13)17/h3-7,9H,1-2H3. The van der Waals surface area contributed by atoms with Crippen LogP contribution in [0.4, 0.5) is 0 Å². The number of rotatable bonds is 3. The fraction of sp³-hybridized carbons (Fsp3) is 0.200. The van der Waals surface area contributed by atoms with Gasteiger partial charge in [0.1, 0.15) is 16.9 Å². The van der Waals surface area contributed by atoms with E-state index in [1.54, 1.807) is 28.9 Å². The maximum absolute atomic E-state index is 6.20. The first kappa shape index (κ1) is 15.4. The molecule has 4 nitrogen and oxygen atoms in total. The summed E-state index contributed by atoms with van der Waals surface area (Å²) in [6, 6.07) is 6.94. The van der Waals surface area contributed by atoms with Crippen molar-refractivity contribution < 1.29 is 4.74 Å². The minimum Gasteiger partial charge on any atom is -0.483 e. The van der Waals surface area contributed by atoms with Crippen LogP contribution in [0, 0.1) is 6.92 Å². The van der Waals surface area contributed by atoms with Gasteiger partial charge in [0.2, 0.25) is 0 Å². The molecule has 0 saturated carbocycles. The van der Waals surface area contributed by atoms with E-state index in [4.69, 9.17) is 39.5 Å². The van der Waals surface area contributed by atoms with E-state index in [1.165, 1.54) is 0 Å². The van der Waals surface area contributed by atoms with Gasteiger partial charge in [0.15, 0.2) is 5.65 Å². The van der Waals surface area contributed by atoms with E-state index in [0.717, 1.165) is 11.4 Å². The number of aromatic nitrogens is 3. The molecular weight excluding hydrogens is 345 g/mol. The molecule has 2 heterocycles. The molecule has 0 bridgehead atoms. The zero-order chi connectivity index (χ0) is 15.9. The number of benzene rings is 1. The largest absolute Gasteiger partial charge is 0.483 e. The van der Waals surface area contributed by atoms with Crippen LogP contribution < -0.4 is 4.74 Å². The van der Waals surface area contributed by atoms with Crippen LogP contribution in [0.2, 0.25) is 15.1 Å². The SMILES string of the molecule is Cc1nn2c(C(C)Oc3ccc(Cl)cc3Cl)ccnc2c1Cl. The number of halogens is 3. The molecular formula is C15H12Cl3N3O. The third kappa shape index (κ3) is 2.74. The van der Waals surface area contributed by atoms with Gasteiger partial charge < -0.3 is 4.74 Å². The average molecular weight is 357 g/mol. The van der Waals surface area contributed by atoms with E-state index < -0.39 is 0 Å². The van der Waals surface area contributed by atoms with Crippen LogP contribution in [0.3, 0.4) is 0 Å². The topological polar surface area (TPSA) is 39.4 Å². The zero-order valence-electron chi connectivity index (χ0n) is 11.8. The molecule has 22 heavy (non-hydrogen) atoms. The number of hydrogen-bond acceptors (Lipinski definition) is 3. The Balaban J connectivity index is 1.98. The minimum absolute atomic E-state index is 0.292. The van der Waals surface area contributed by atoms with Gasteiger partial charge in [-0.25, -0.2) is 9.50 Å². The van der Waals surface area contributed by atoms with Crippen LogP contribution in [-0.4, -0.2) is 14.6 Å². The third-order valence-electron chi connectivity index (χ3n) is 3.27. The first-order chi connectivity index (χ1) is 10.5. The van der Waals surface area contributed by atoms with Crippen LogP contribution in [0.5, 0.6) is 5.75 Å². The molecule has 0 aliphatic carbocycles. The summed E-state index contributed by atoms with van der Waals surface area (Å²) in [4.78, 5) is 4.25. The summed E-state index contributed by atoms with van der Waals surface area (Å²) in [5.41, 5.74) is 2.15. The predicted molar refractivity (Wildman–Crippen MR) is 88.2 cm³/mol. The van der Waals surface area contributed by atoms with E-state index in [1.807, 2.05) is 19.9 Å². The van der Waals surface area contributed by atoms with Crippen LogP contribution in [0.15, 0.2) is 30.5 Å². The number of hydrogen-bond donors (Lipinski definition) is 0. The van der Waals surface area contributed by atoms with Gasteiger partial charge in [-0.15, -0.1) is 0 Å². The van der Waals surface area contributed by atoms with Gasteiger partial charge in [-0.1, -0.05) is 34.8 Å². The Bertz CT molecular complexity index is 847. The molecule has 0 spiro atoms. The van der Waals surface area contributed by atoms with Gasteiger partial charge in [-0.05, 0) is 38.1 Å². The molecule has 0 aliphatic heterocycles. The van der Waals surface area contributed by atoms with Crippen LogP contribution in [-0.2, 0) is 0 Å². The molecule has 1 atom stereocenters. The minimum atomic E-state index is -0.292. The highest BCUT2D eigenvalue weighted by Crippen LogP contribution is 2.31. The van der Waals surface area contributed by atoms with E-state index in [2.05, 4.69) is 10.1 Å². The van der Waals surface area contributed by atoms with E-state index in [-0.39, 0.29) is 6.10 Å². The molecule has 1 unspecified atom stereocenters. The third-order valence-corrected chi connectivity index (χ3v) is 4.24. The quantitative estimate of drug-likeness (QED) is 0.652. The van der Waals surface area contributed by atoms with Crippen molar-refractivity contribution in [3.63, 3.8) is 0 Å². The Kier molecular flexibility index (Phi) is 4.17. The van der Waals surface area contributed by atoms with Gasteiger partial charge in [0, 0.05) is 11.2 Å². The summed E-state index contributed by atoms with van der Waals surface area (Å²) in [5.74, 6) is 0.554. The smallest absolute Gasteiger partial charge is 0.174 e. The van der Waals surface area contributed by atoms with Crippen molar-refractivity contribution >= 4 is 40.4 Å². The van der Waals surface area contributed by atoms with E-state index in [9.17, 15) is 0 Å². The van der Waals surface area contributed by atoms with Gasteiger partial charge in [0.05, 0.1) is 16.4 Å². The van der Waals surface area contributed by atoms with Gasteiger partial charge >= 0.3 is 0 Å². The van der Waals surface area contributed by atoms with Crippen LogP contribution >= 0.6 is 34.8 Å². The maximum Gasteiger partial charge on any atom is 0.174 e. The average Bonchev–Trinajstić information content (AvgIpc) is 2.77. The van der Waals surface area contributed by atoms with Crippen LogP contribution in [0.25, 0.3) is 5.65 Å². The predicted octanol–water partition coefficient (Wildman–Crippen LogP) is 5.14. The lowest BCUT2D eigenvalue weighted by Gasteiger charge is -2.16. The van der Waals surface area contributed by atoms with Crippen molar-refractivity contribution in [2.24, 2.45) is 0 Å². The molecule has 7 heteroatoms. The molecule has 114 valence electrons. The highest BCUT2D eigenvalue weighted by Gasteiger charge is 2.17. The number of fused-ring (bicyclic) bond motifs is 1. The van der Waals surface area contributed by atoms with Crippen molar-refractivity contribution in [1.29, 1.82) is 0 Å². The Morgan fingerprint density at radius 1 is 1.18 bits per heavy atom. The zero-order valence-corrected chi connectivity index (χ0v) is 14.1. The monoisotopic (exact) mass is 355 g/mol. The molecule has 0 fully saturated rings. The lowest BCUT2D eigenvalue weighted by atomic mass is 10.2. The normalized spacial score (nSPS) is 12.6. The second-order valence-corrected chi connectivity index (χ2v) is 6.06. The molecule has 3 aromatic rings. The molecule has 2 aromatic heterocycles. The van der Waals surface area contributed by atoms with Gasteiger partial charge in [0.25, 0.3) is 0 Å². The molecule has 1 aromatic carbocycles. The second-order valence-electron chi connectivity index (χ2n) is 4.84. The second kappa shape index (κ2) is 5.95. The Morgan fingerprint density at radius 2 is 1.95 bits per heavy atom. The fourth-order valence-corrected chi connectivity index (χ4v) is 2.79. The summed E-state index contributed by atoms with van der Waals surface area (Å²) < 4.78 is 7.61. The molecule has 0 N–H and O–H groups in total. The van der Waals surface area contributed by atoms with Crippen molar-refractivity contribution in [2.75, 3.05) is 0 Å². The summed E-state index contributed by atoms with van der Waals surface area (Å²) in [5, 5.41) is 5.96. The highest BCUT2D eigenvalue weighted by molar-refractivity contribution is 6.35.